The van der Waals surface area contributed by atoms with Crippen LogP contribution in [-0.2, 0) is 6.54 Å². The van der Waals surface area contributed by atoms with Crippen LogP contribution in [-0.4, -0.2) is 21.5 Å². The number of hydrogen-bond donors (Lipinski definition) is 1. The first-order chi connectivity index (χ1) is 7.72. The zero-order valence-corrected chi connectivity index (χ0v) is 9.13. The van der Waals surface area contributed by atoms with Crippen LogP contribution in [0.2, 0.25) is 0 Å². The Morgan fingerprint density at radius 3 is 2.94 bits per heavy atom. The molecule has 16 heavy (non-hydrogen) atoms. The van der Waals surface area contributed by atoms with E-state index in [-0.39, 0.29) is 11.5 Å². The van der Waals surface area contributed by atoms with Crippen molar-refractivity contribution in [3.63, 3.8) is 0 Å². The third-order valence-electron chi connectivity index (χ3n) is 2.52. The van der Waals surface area contributed by atoms with Crippen molar-refractivity contribution >= 4 is 10.9 Å². The summed E-state index contributed by atoms with van der Waals surface area (Å²) in [5.41, 5.74) is 6.04. The van der Waals surface area contributed by atoms with E-state index in [1.807, 2.05) is 19.1 Å². The number of hydrogen-bond acceptors (Lipinski definition) is 4. The van der Waals surface area contributed by atoms with Gasteiger partial charge in [0.1, 0.15) is 5.52 Å². The molecule has 0 radical (unpaired) electrons. The van der Waals surface area contributed by atoms with Crippen molar-refractivity contribution in [2.45, 2.75) is 13.5 Å². The minimum absolute atomic E-state index is 0.106. The number of rotatable bonds is 3. The van der Waals surface area contributed by atoms with E-state index < -0.39 is 0 Å². The summed E-state index contributed by atoms with van der Waals surface area (Å²) < 4.78 is 1.37. The molecular weight excluding hydrogens is 204 g/mol. The normalized spacial score (nSPS) is 12.9. The maximum absolute atomic E-state index is 12.0. The van der Waals surface area contributed by atoms with Crippen LogP contribution in [0.25, 0.3) is 10.9 Å². The molecule has 0 saturated carbocycles. The predicted octanol–water partition coefficient (Wildman–Crippen LogP) is 0.386. The second-order valence-corrected chi connectivity index (χ2v) is 3.93. The van der Waals surface area contributed by atoms with Gasteiger partial charge in [-0.05, 0) is 24.6 Å². The van der Waals surface area contributed by atoms with Gasteiger partial charge in [0.2, 0.25) is 0 Å². The first kappa shape index (κ1) is 10.8. The molecule has 1 aromatic carbocycles. The molecule has 0 aliphatic carbocycles. The van der Waals surface area contributed by atoms with Gasteiger partial charge in [-0.3, -0.25) is 4.79 Å². The first-order valence-corrected chi connectivity index (χ1v) is 5.25. The van der Waals surface area contributed by atoms with E-state index >= 15 is 0 Å². The highest BCUT2D eigenvalue weighted by Gasteiger charge is 2.07. The molecular formula is C11H14N4O. The maximum atomic E-state index is 12.0. The summed E-state index contributed by atoms with van der Waals surface area (Å²) in [5.74, 6) is 0.216. The lowest BCUT2D eigenvalue weighted by atomic mass is 10.2. The second-order valence-electron chi connectivity index (χ2n) is 3.93. The standard InChI is InChI=1S/C11H14N4O/c1-8(6-12)7-15-11(16)9-4-2-3-5-10(9)13-14-15/h2-5,8H,6-7,12H2,1H3. The smallest absolute Gasteiger partial charge is 0.277 e. The van der Waals surface area contributed by atoms with Crippen LogP contribution >= 0.6 is 0 Å². The summed E-state index contributed by atoms with van der Waals surface area (Å²) >= 11 is 0. The monoisotopic (exact) mass is 218 g/mol. The molecule has 1 aromatic heterocycles. The van der Waals surface area contributed by atoms with Crippen molar-refractivity contribution in [3.05, 3.63) is 34.6 Å². The first-order valence-electron chi connectivity index (χ1n) is 5.25. The number of aromatic nitrogens is 3. The summed E-state index contributed by atoms with van der Waals surface area (Å²) in [7, 11) is 0. The topological polar surface area (TPSA) is 73.8 Å². The molecule has 2 aromatic rings. The largest absolute Gasteiger partial charge is 0.330 e. The highest BCUT2D eigenvalue weighted by Crippen LogP contribution is 2.04. The van der Waals surface area contributed by atoms with Crippen LogP contribution in [0.5, 0.6) is 0 Å². The average molecular weight is 218 g/mol. The SMILES string of the molecule is CC(CN)Cn1nnc2ccccc2c1=O. The molecule has 1 heterocycles. The Morgan fingerprint density at radius 2 is 2.19 bits per heavy atom. The summed E-state index contributed by atoms with van der Waals surface area (Å²) in [6.07, 6.45) is 0. The van der Waals surface area contributed by atoms with Gasteiger partial charge in [-0.1, -0.05) is 24.3 Å². The van der Waals surface area contributed by atoms with Crippen LogP contribution in [0.1, 0.15) is 6.92 Å². The Hall–Kier alpha value is -1.75. The van der Waals surface area contributed by atoms with E-state index in [9.17, 15) is 4.79 Å². The quantitative estimate of drug-likeness (QED) is 0.808. The van der Waals surface area contributed by atoms with Gasteiger partial charge in [0.15, 0.2) is 0 Å². The molecule has 0 aliphatic heterocycles. The zero-order valence-electron chi connectivity index (χ0n) is 9.13. The van der Waals surface area contributed by atoms with Crippen molar-refractivity contribution in [1.82, 2.24) is 15.0 Å². The van der Waals surface area contributed by atoms with Gasteiger partial charge in [-0.25, -0.2) is 4.68 Å². The van der Waals surface area contributed by atoms with Gasteiger partial charge >= 0.3 is 0 Å². The molecule has 0 spiro atoms. The maximum Gasteiger partial charge on any atom is 0.277 e. The average Bonchev–Trinajstić information content (AvgIpc) is 2.33. The van der Waals surface area contributed by atoms with E-state index in [0.717, 1.165) is 0 Å². The third kappa shape index (κ3) is 1.94. The summed E-state index contributed by atoms with van der Waals surface area (Å²) in [5, 5.41) is 8.49. The zero-order chi connectivity index (χ0) is 11.5. The Balaban J connectivity index is 2.49. The van der Waals surface area contributed by atoms with Crippen molar-refractivity contribution in [2.24, 2.45) is 11.7 Å². The van der Waals surface area contributed by atoms with Crippen molar-refractivity contribution in [3.8, 4) is 0 Å². The Bertz CT molecular complexity index is 549. The Morgan fingerprint density at radius 1 is 1.44 bits per heavy atom. The molecule has 5 heteroatoms. The minimum Gasteiger partial charge on any atom is -0.330 e. The number of benzene rings is 1. The van der Waals surface area contributed by atoms with Gasteiger partial charge in [-0.15, -0.1) is 5.10 Å². The fourth-order valence-corrected chi connectivity index (χ4v) is 1.51. The Kier molecular flexibility index (Phi) is 2.96. The van der Waals surface area contributed by atoms with E-state index in [0.29, 0.717) is 24.0 Å². The van der Waals surface area contributed by atoms with Crippen LogP contribution in [0.4, 0.5) is 0 Å². The highest BCUT2D eigenvalue weighted by molar-refractivity contribution is 5.76. The number of nitrogens with two attached hydrogens (primary N) is 1. The van der Waals surface area contributed by atoms with Gasteiger partial charge < -0.3 is 5.73 Å². The summed E-state index contributed by atoms with van der Waals surface area (Å²) in [6.45, 7) is 3.01. The third-order valence-corrected chi connectivity index (χ3v) is 2.52. The lowest BCUT2D eigenvalue weighted by Crippen LogP contribution is -2.29. The van der Waals surface area contributed by atoms with Gasteiger partial charge in [0, 0.05) is 0 Å². The van der Waals surface area contributed by atoms with E-state index in [2.05, 4.69) is 10.3 Å². The number of nitrogens with zero attached hydrogens (tertiary/aromatic N) is 3. The van der Waals surface area contributed by atoms with Gasteiger partial charge in [0.05, 0.1) is 11.9 Å². The molecule has 0 aliphatic rings. The van der Waals surface area contributed by atoms with Crippen LogP contribution in [0, 0.1) is 5.92 Å². The minimum atomic E-state index is -0.106. The molecule has 2 rings (SSSR count). The molecule has 84 valence electrons. The molecule has 1 unspecified atom stereocenters. The van der Waals surface area contributed by atoms with Crippen LogP contribution in [0.15, 0.2) is 29.1 Å². The lowest BCUT2D eigenvalue weighted by Gasteiger charge is -2.09. The Labute approximate surface area is 92.9 Å². The number of fused-ring (bicyclic) bond motifs is 1. The van der Waals surface area contributed by atoms with E-state index in [1.54, 1.807) is 12.1 Å². The molecule has 1 atom stereocenters. The lowest BCUT2D eigenvalue weighted by molar-refractivity contribution is 0.430. The van der Waals surface area contributed by atoms with Crippen molar-refractivity contribution < 1.29 is 0 Å². The molecule has 0 fully saturated rings. The molecule has 5 nitrogen and oxygen atoms in total. The predicted molar refractivity (Wildman–Crippen MR) is 62.0 cm³/mol. The molecule has 0 bridgehead atoms. The summed E-state index contributed by atoms with van der Waals surface area (Å²) in [6, 6.07) is 7.20. The van der Waals surface area contributed by atoms with Gasteiger partial charge in [-0.2, -0.15) is 0 Å². The molecule has 0 saturated heterocycles. The second kappa shape index (κ2) is 4.40. The molecule has 2 N–H and O–H groups in total. The van der Waals surface area contributed by atoms with E-state index in [1.165, 1.54) is 4.68 Å². The van der Waals surface area contributed by atoms with Crippen molar-refractivity contribution in [1.29, 1.82) is 0 Å². The fourth-order valence-electron chi connectivity index (χ4n) is 1.51. The van der Waals surface area contributed by atoms with Crippen LogP contribution < -0.4 is 11.3 Å². The fraction of sp³-hybridized carbons (Fsp3) is 0.364. The highest BCUT2D eigenvalue weighted by atomic mass is 16.1. The van der Waals surface area contributed by atoms with E-state index in [4.69, 9.17) is 5.73 Å². The van der Waals surface area contributed by atoms with Crippen molar-refractivity contribution in [2.75, 3.05) is 6.54 Å². The van der Waals surface area contributed by atoms with Gasteiger partial charge in [0.25, 0.3) is 5.56 Å². The summed E-state index contributed by atoms with van der Waals surface area (Å²) in [4.78, 5) is 12.0. The molecule has 0 amide bonds. The van der Waals surface area contributed by atoms with Crippen LogP contribution in [0.3, 0.4) is 0 Å².